The Kier molecular flexibility index (Phi) is 8.93. The van der Waals surface area contributed by atoms with Crippen LogP contribution in [0.15, 0.2) is 59.5 Å². The number of nitrogens with zero attached hydrogens (tertiary/aromatic N) is 6. The van der Waals surface area contributed by atoms with Crippen LogP contribution in [-0.2, 0) is 10.1 Å². The van der Waals surface area contributed by atoms with E-state index in [1.807, 2.05) is 0 Å². The number of benzene rings is 2. The van der Waals surface area contributed by atoms with Crippen molar-refractivity contribution in [2.24, 2.45) is 0 Å². The molecule has 2 aromatic carbocycles. The van der Waals surface area contributed by atoms with Gasteiger partial charge in [0.2, 0.25) is 0 Å². The maximum Gasteiger partial charge on any atom is 0.295 e. The van der Waals surface area contributed by atoms with Gasteiger partial charge in [0.25, 0.3) is 10.1 Å². The normalized spacial score (nSPS) is 9.04. The summed E-state index contributed by atoms with van der Waals surface area (Å²) in [6, 6.07) is 13.9. The standard InChI is InChI=1S/C13H10O4S.2N3/c14-13(10-6-2-1-3-7-10)11-8-4-5-9-12(11)18(15,16)17;2*1-3-2/h1-9H,(H,15,16,17);;/q;2*-1. The van der Waals surface area contributed by atoms with E-state index in [0.29, 0.717) is 5.56 Å². The molecule has 2 aromatic rings. The first-order valence-electron chi connectivity index (χ1n) is 5.96. The van der Waals surface area contributed by atoms with Crippen molar-refractivity contribution >= 4 is 15.9 Å². The van der Waals surface area contributed by atoms with Gasteiger partial charge in [0, 0.05) is 11.1 Å². The van der Waals surface area contributed by atoms with Crippen molar-refractivity contribution in [1.29, 1.82) is 0 Å². The third-order valence-corrected chi connectivity index (χ3v) is 3.36. The summed E-state index contributed by atoms with van der Waals surface area (Å²) in [5.41, 5.74) is 27.3. The highest BCUT2D eigenvalue weighted by Crippen LogP contribution is 2.18. The van der Waals surface area contributed by atoms with Crippen molar-refractivity contribution in [3.63, 3.8) is 0 Å². The molecule has 0 aliphatic rings. The van der Waals surface area contributed by atoms with Gasteiger partial charge in [-0.1, -0.05) is 42.5 Å². The van der Waals surface area contributed by atoms with E-state index in [4.69, 9.17) is 26.7 Å². The highest BCUT2D eigenvalue weighted by molar-refractivity contribution is 7.86. The van der Waals surface area contributed by atoms with Gasteiger partial charge >= 0.3 is 0 Å². The highest BCUT2D eigenvalue weighted by atomic mass is 32.2. The molecule has 0 spiro atoms. The van der Waals surface area contributed by atoms with E-state index in [0.717, 1.165) is 0 Å². The Morgan fingerprint density at radius 1 is 0.833 bits per heavy atom. The minimum absolute atomic E-state index is 0.0359. The SMILES string of the molecule is O=C(c1ccccc1)c1ccccc1S(=O)(=O)O.[N-]=[N+]=[N-].[N-]=[N+]=[N-]. The van der Waals surface area contributed by atoms with Crippen molar-refractivity contribution in [1.82, 2.24) is 0 Å². The fraction of sp³-hybridized carbons (Fsp3) is 0. The number of hydrogen-bond donors (Lipinski definition) is 1. The summed E-state index contributed by atoms with van der Waals surface area (Å²) >= 11 is 0. The first kappa shape index (κ1) is 20.6. The second-order valence-corrected chi connectivity index (χ2v) is 5.24. The van der Waals surface area contributed by atoms with Crippen LogP contribution in [0.1, 0.15) is 15.9 Å². The number of hydrogen-bond acceptors (Lipinski definition) is 3. The smallest absolute Gasteiger partial charge is 0.295 e. The second-order valence-electron chi connectivity index (χ2n) is 3.85. The van der Waals surface area contributed by atoms with Crippen molar-refractivity contribution in [3.05, 3.63) is 97.7 Å². The Morgan fingerprint density at radius 3 is 1.71 bits per heavy atom. The van der Waals surface area contributed by atoms with E-state index in [2.05, 4.69) is 0 Å². The molecular weight excluding hydrogens is 336 g/mol. The molecule has 24 heavy (non-hydrogen) atoms. The molecule has 11 heteroatoms. The van der Waals surface area contributed by atoms with Crippen molar-refractivity contribution < 1.29 is 17.8 Å². The van der Waals surface area contributed by atoms with Gasteiger partial charge in [0.1, 0.15) is 4.90 Å². The number of ketones is 1. The van der Waals surface area contributed by atoms with Crippen LogP contribution in [0, 0.1) is 0 Å². The van der Waals surface area contributed by atoms with E-state index in [1.165, 1.54) is 28.0 Å². The maximum absolute atomic E-state index is 12.1. The van der Waals surface area contributed by atoms with E-state index in [9.17, 15) is 13.2 Å². The molecule has 0 aliphatic heterocycles. The van der Waals surface area contributed by atoms with E-state index < -0.39 is 15.9 Å². The maximum atomic E-state index is 12.1. The molecule has 124 valence electrons. The molecule has 0 unspecified atom stereocenters. The number of carbonyl (C=O) groups is 1. The van der Waals surface area contributed by atoms with Gasteiger partial charge in [-0.3, -0.25) is 19.2 Å². The summed E-state index contributed by atoms with van der Waals surface area (Å²) in [5, 5.41) is 0. The topological polar surface area (TPSA) is 189 Å². The van der Waals surface area contributed by atoms with Gasteiger partial charge in [0.15, 0.2) is 5.78 Å². The molecule has 10 nitrogen and oxygen atoms in total. The van der Waals surface area contributed by atoms with Crippen LogP contribution in [0.5, 0.6) is 0 Å². The zero-order chi connectivity index (χ0) is 18.6. The van der Waals surface area contributed by atoms with Crippen LogP contribution >= 0.6 is 0 Å². The second kappa shape index (κ2) is 10.4. The molecule has 1 N–H and O–H groups in total. The molecule has 0 saturated carbocycles. The van der Waals surface area contributed by atoms with Crippen LogP contribution in [-0.4, -0.2) is 18.8 Å². The van der Waals surface area contributed by atoms with Gasteiger partial charge in [-0.05, 0) is 12.1 Å². The van der Waals surface area contributed by atoms with Gasteiger partial charge in [-0.15, -0.1) is 0 Å². The molecule has 0 amide bonds. The van der Waals surface area contributed by atoms with Gasteiger partial charge in [-0.2, -0.15) is 8.42 Å². The van der Waals surface area contributed by atoms with Gasteiger partial charge in [0.05, 0.1) is 0 Å². The fourth-order valence-corrected chi connectivity index (χ4v) is 2.31. The van der Waals surface area contributed by atoms with Crippen LogP contribution < -0.4 is 0 Å². The summed E-state index contributed by atoms with van der Waals surface area (Å²) in [5.74, 6) is -0.441. The molecule has 0 aliphatic carbocycles. The predicted molar refractivity (Wildman–Crippen MR) is 86.3 cm³/mol. The van der Waals surface area contributed by atoms with Crippen molar-refractivity contribution in [2.75, 3.05) is 0 Å². The van der Waals surface area contributed by atoms with Gasteiger partial charge in [-0.25, -0.2) is 0 Å². The minimum atomic E-state index is -4.41. The first-order valence-corrected chi connectivity index (χ1v) is 7.40. The Hall–Kier alpha value is -3.36. The minimum Gasteiger partial charge on any atom is -0.373 e. The summed E-state index contributed by atoms with van der Waals surface area (Å²) in [6.07, 6.45) is 0. The van der Waals surface area contributed by atoms with Crippen molar-refractivity contribution in [2.45, 2.75) is 4.90 Å². The Bertz CT molecular complexity index is 843. The molecule has 0 heterocycles. The summed E-state index contributed by atoms with van der Waals surface area (Å²) in [4.78, 5) is 14.8. The van der Waals surface area contributed by atoms with Crippen LogP contribution in [0.25, 0.3) is 31.9 Å². The first-order chi connectivity index (χ1) is 11.3. The number of carbonyl (C=O) groups excluding carboxylic acids is 1. The lowest BCUT2D eigenvalue weighted by Gasteiger charge is -2.05. The molecular formula is C13H10N6O4S-2. The predicted octanol–water partition coefficient (Wildman–Crippen LogP) is 3.90. The number of rotatable bonds is 3. The molecule has 0 radical (unpaired) electrons. The fourth-order valence-electron chi connectivity index (χ4n) is 1.62. The Labute approximate surface area is 137 Å². The highest BCUT2D eigenvalue weighted by Gasteiger charge is 2.20. The van der Waals surface area contributed by atoms with Gasteiger partial charge < -0.3 is 22.1 Å². The van der Waals surface area contributed by atoms with E-state index >= 15 is 0 Å². The molecule has 2 rings (SSSR count). The Morgan fingerprint density at radius 2 is 1.25 bits per heavy atom. The van der Waals surface area contributed by atoms with Crippen LogP contribution in [0.2, 0.25) is 0 Å². The summed E-state index contributed by atoms with van der Waals surface area (Å²) < 4.78 is 31.5. The molecule has 0 fully saturated rings. The summed E-state index contributed by atoms with van der Waals surface area (Å²) in [6.45, 7) is 0. The zero-order valence-corrected chi connectivity index (χ0v) is 12.8. The average molecular weight is 346 g/mol. The third kappa shape index (κ3) is 6.60. The lowest BCUT2D eigenvalue weighted by molar-refractivity contribution is 0.103. The summed E-state index contributed by atoms with van der Waals surface area (Å²) in [7, 11) is -4.41. The third-order valence-electron chi connectivity index (χ3n) is 2.45. The monoisotopic (exact) mass is 346 g/mol. The quantitative estimate of drug-likeness (QED) is 0.290. The lowest BCUT2D eigenvalue weighted by Crippen LogP contribution is -2.09. The van der Waals surface area contributed by atoms with Crippen molar-refractivity contribution in [3.8, 4) is 0 Å². The van der Waals surface area contributed by atoms with Crippen LogP contribution in [0.4, 0.5) is 0 Å². The van der Waals surface area contributed by atoms with Crippen LogP contribution in [0.3, 0.4) is 0 Å². The molecule has 0 bridgehead atoms. The van der Waals surface area contributed by atoms with E-state index in [1.54, 1.807) is 36.4 Å². The zero-order valence-electron chi connectivity index (χ0n) is 12.0. The van der Waals surface area contributed by atoms with E-state index in [-0.39, 0.29) is 10.5 Å². The molecule has 0 atom stereocenters. The molecule has 0 saturated heterocycles. The Balaban J connectivity index is 0.000000772. The largest absolute Gasteiger partial charge is 0.373 e. The lowest BCUT2D eigenvalue weighted by atomic mass is 10.0. The molecule has 0 aromatic heterocycles. The average Bonchev–Trinajstić information content (AvgIpc) is 2.56.